The quantitative estimate of drug-likeness (QED) is 0.649. The van der Waals surface area contributed by atoms with E-state index in [2.05, 4.69) is 17.3 Å². The van der Waals surface area contributed by atoms with Gasteiger partial charge in [-0.05, 0) is 24.6 Å². The second-order valence-electron chi connectivity index (χ2n) is 5.99. The Balaban J connectivity index is 1.92. The fourth-order valence-electron chi connectivity index (χ4n) is 2.73. The minimum absolute atomic E-state index is 0.0883. The summed E-state index contributed by atoms with van der Waals surface area (Å²) in [6.07, 6.45) is 3.25. The predicted molar refractivity (Wildman–Crippen MR) is 101 cm³/mol. The van der Waals surface area contributed by atoms with Crippen molar-refractivity contribution in [3.63, 3.8) is 0 Å². The lowest BCUT2D eigenvalue weighted by atomic mass is 10.1. The minimum Gasteiger partial charge on any atom is -0.351 e. The van der Waals surface area contributed by atoms with Gasteiger partial charge < -0.3 is 5.32 Å². The number of carbonyl (C=O) groups excluding carboxylic acids is 1. The molecule has 128 valence electrons. The number of para-hydroxylation sites is 1. The molecule has 3 aromatic rings. The van der Waals surface area contributed by atoms with Crippen LogP contribution in [0.15, 0.2) is 66.7 Å². The predicted octanol–water partition coefficient (Wildman–Crippen LogP) is 4.46. The average molecular weight is 333 g/mol. The first-order chi connectivity index (χ1) is 12.3. The zero-order valence-electron chi connectivity index (χ0n) is 14.5. The minimum atomic E-state index is -0.0883. The van der Waals surface area contributed by atoms with Crippen molar-refractivity contribution in [3.05, 3.63) is 72.4 Å². The number of carbonyl (C=O) groups is 1. The van der Waals surface area contributed by atoms with E-state index in [4.69, 9.17) is 0 Å². The van der Waals surface area contributed by atoms with Gasteiger partial charge in [0.15, 0.2) is 0 Å². The standard InChI is InChI=1S/C21H23N3O/c1-2-3-10-15-22-21(25)20-16-19(17-11-6-4-7-12-17)23-24(20)18-13-8-5-9-14-18/h4-9,11-14,16H,2-3,10,15H2,1H3,(H,22,25). The van der Waals surface area contributed by atoms with Gasteiger partial charge in [0.2, 0.25) is 0 Å². The second kappa shape index (κ2) is 8.29. The number of hydrogen-bond acceptors (Lipinski definition) is 2. The molecule has 1 heterocycles. The summed E-state index contributed by atoms with van der Waals surface area (Å²) >= 11 is 0. The number of amides is 1. The van der Waals surface area contributed by atoms with Gasteiger partial charge in [0.1, 0.15) is 5.69 Å². The van der Waals surface area contributed by atoms with E-state index in [1.807, 2.05) is 66.7 Å². The third-order valence-electron chi connectivity index (χ3n) is 4.08. The van der Waals surface area contributed by atoms with Crippen LogP contribution in [-0.2, 0) is 0 Å². The molecule has 4 heteroatoms. The van der Waals surface area contributed by atoms with E-state index in [0.717, 1.165) is 36.2 Å². The lowest BCUT2D eigenvalue weighted by molar-refractivity contribution is 0.0945. The van der Waals surface area contributed by atoms with Crippen LogP contribution >= 0.6 is 0 Å². The van der Waals surface area contributed by atoms with Crippen molar-refractivity contribution in [1.29, 1.82) is 0 Å². The molecule has 0 bridgehead atoms. The van der Waals surface area contributed by atoms with Crippen LogP contribution in [0, 0.1) is 0 Å². The molecule has 0 atom stereocenters. The molecule has 0 aliphatic heterocycles. The Labute approximate surface area is 148 Å². The van der Waals surface area contributed by atoms with Crippen molar-refractivity contribution in [3.8, 4) is 16.9 Å². The Morgan fingerprint density at radius 2 is 1.68 bits per heavy atom. The fraction of sp³-hybridized carbons (Fsp3) is 0.238. The van der Waals surface area contributed by atoms with Crippen LogP contribution in [0.2, 0.25) is 0 Å². The van der Waals surface area contributed by atoms with E-state index >= 15 is 0 Å². The summed E-state index contributed by atoms with van der Waals surface area (Å²) in [5, 5.41) is 7.68. The summed E-state index contributed by atoms with van der Waals surface area (Å²) in [6.45, 7) is 2.84. The van der Waals surface area contributed by atoms with Crippen molar-refractivity contribution in [2.45, 2.75) is 26.2 Å². The highest BCUT2D eigenvalue weighted by Crippen LogP contribution is 2.21. The number of benzene rings is 2. The molecule has 25 heavy (non-hydrogen) atoms. The van der Waals surface area contributed by atoms with E-state index in [1.165, 1.54) is 0 Å². The molecular formula is C21H23N3O. The molecule has 0 spiro atoms. The number of nitrogens with one attached hydrogen (secondary N) is 1. The van der Waals surface area contributed by atoms with Crippen LogP contribution in [0.1, 0.15) is 36.7 Å². The summed E-state index contributed by atoms with van der Waals surface area (Å²) in [7, 11) is 0. The monoisotopic (exact) mass is 333 g/mol. The lowest BCUT2D eigenvalue weighted by Gasteiger charge is -2.08. The first-order valence-corrected chi connectivity index (χ1v) is 8.78. The molecule has 0 aliphatic carbocycles. The average Bonchev–Trinajstić information content (AvgIpc) is 3.12. The molecule has 4 nitrogen and oxygen atoms in total. The fourth-order valence-corrected chi connectivity index (χ4v) is 2.73. The smallest absolute Gasteiger partial charge is 0.270 e. The van der Waals surface area contributed by atoms with Crippen LogP contribution in [0.5, 0.6) is 0 Å². The van der Waals surface area contributed by atoms with Crippen molar-refractivity contribution in [1.82, 2.24) is 15.1 Å². The number of rotatable bonds is 7. The van der Waals surface area contributed by atoms with Crippen molar-refractivity contribution in [2.75, 3.05) is 6.54 Å². The maximum Gasteiger partial charge on any atom is 0.270 e. The van der Waals surface area contributed by atoms with E-state index in [-0.39, 0.29) is 5.91 Å². The molecule has 0 fully saturated rings. The number of hydrogen-bond donors (Lipinski definition) is 1. The highest BCUT2D eigenvalue weighted by molar-refractivity contribution is 5.94. The molecule has 0 radical (unpaired) electrons. The molecular weight excluding hydrogens is 310 g/mol. The first kappa shape index (κ1) is 17.0. The molecule has 3 rings (SSSR count). The highest BCUT2D eigenvalue weighted by atomic mass is 16.2. The van der Waals surface area contributed by atoms with E-state index in [0.29, 0.717) is 12.2 Å². The third kappa shape index (κ3) is 4.15. The van der Waals surface area contributed by atoms with E-state index in [9.17, 15) is 4.79 Å². The van der Waals surface area contributed by atoms with Crippen molar-refractivity contribution < 1.29 is 4.79 Å². The molecule has 1 aromatic heterocycles. The normalized spacial score (nSPS) is 10.6. The summed E-state index contributed by atoms with van der Waals surface area (Å²) in [5.41, 5.74) is 3.23. The van der Waals surface area contributed by atoms with Crippen LogP contribution in [-0.4, -0.2) is 22.2 Å². The molecule has 0 saturated carbocycles. The zero-order valence-corrected chi connectivity index (χ0v) is 14.5. The molecule has 0 unspecified atom stereocenters. The summed E-state index contributed by atoms with van der Waals surface area (Å²) in [5.74, 6) is -0.0883. The molecule has 1 N–H and O–H groups in total. The Morgan fingerprint density at radius 3 is 2.36 bits per heavy atom. The van der Waals surface area contributed by atoms with Crippen LogP contribution in [0.25, 0.3) is 16.9 Å². The van der Waals surface area contributed by atoms with Gasteiger partial charge in [0, 0.05) is 12.1 Å². The zero-order chi connectivity index (χ0) is 17.5. The maximum atomic E-state index is 12.7. The van der Waals surface area contributed by atoms with Gasteiger partial charge in [-0.15, -0.1) is 0 Å². The SMILES string of the molecule is CCCCCNC(=O)c1cc(-c2ccccc2)nn1-c1ccccc1. The largest absolute Gasteiger partial charge is 0.351 e. The Kier molecular flexibility index (Phi) is 5.62. The molecule has 1 amide bonds. The molecule has 0 saturated heterocycles. The van der Waals surface area contributed by atoms with Crippen LogP contribution in [0.3, 0.4) is 0 Å². The highest BCUT2D eigenvalue weighted by Gasteiger charge is 2.17. The number of unbranched alkanes of at least 4 members (excludes halogenated alkanes) is 2. The van der Waals surface area contributed by atoms with Crippen LogP contribution < -0.4 is 5.32 Å². The van der Waals surface area contributed by atoms with Gasteiger partial charge in [-0.3, -0.25) is 4.79 Å². The van der Waals surface area contributed by atoms with Crippen molar-refractivity contribution in [2.24, 2.45) is 0 Å². The van der Waals surface area contributed by atoms with Gasteiger partial charge in [-0.25, -0.2) is 4.68 Å². The van der Waals surface area contributed by atoms with Gasteiger partial charge in [0.05, 0.1) is 11.4 Å². The Bertz CT molecular complexity index is 810. The Morgan fingerprint density at radius 1 is 1.00 bits per heavy atom. The lowest BCUT2D eigenvalue weighted by Crippen LogP contribution is -2.26. The topological polar surface area (TPSA) is 46.9 Å². The third-order valence-corrected chi connectivity index (χ3v) is 4.08. The number of aromatic nitrogens is 2. The summed E-state index contributed by atoms with van der Waals surface area (Å²) in [6, 6.07) is 21.5. The second-order valence-corrected chi connectivity index (χ2v) is 5.99. The number of nitrogens with zero attached hydrogens (tertiary/aromatic N) is 2. The maximum absolute atomic E-state index is 12.7. The van der Waals surface area contributed by atoms with Gasteiger partial charge >= 0.3 is 0 Å². The van der Waals surface area contributed by atoms with E-state index < -0.39 is 0 Å². The van der Waals surface area contributed by atoms with Crippen molar-refractivity contribution >= 4 is 5.91 Å². The summed E-state index contributed by atoms with van der Waals surface area (Å²) in [4.78, 5) is 12.7. The molecule has 0 aliphatic rings. The summed E-state index contributed by atoms with van der Waals surface area (Å²) < 4.78 is 1.72. The Hall–Kier alpha value is -2.88. The van der Waals surface area contributed by atoms with Gasteiger partial charge in [-0.1, -0.05) is 68.3 Å². The van der Waals surface area contributed by atoms with Crippen LogP contribution in [0.4, 0.5) is 0 Å². The van der Waals surface area contributed by atoms with E-state index in [1.54, 1.807) is 4.68 Å². The van der Waals surface area contributed by atoms with Gasteiger partial charge in [0.25, 0.3) is 5.91 Å². The van der Waals surface area contributed by atoms with Gasteiger partial charge in [-0.2, -0.15) is 5.10 Å². The first-order valence-electron chi connectivity index (χ1n) is 8.78. The molecule has 2 aromatic carbocycles.